The average molecular weight is 282 g/mol. The number of carbonyl (C=O) groups excluding carboxylic acids is 1. The fraction of sp³-hybridized carbons (Fsp3) is 0.429. The number of benzene rings is 1. The Balaban J connectivity index is 1.98. The van der Waals surface area contributed by atoms with Crippen LogP contribution >= 0.6 is 11.6 Å². The third kappa shape index (κ3) is 3.26. The Kier molecular flexibility index (Phi) is 4.10. The second kappa shape index (κ2) is 5.61. The number of hydrogen-bond donors (Lipinski definition) is 2. The highest BCUT2D eigenvalue weighted by atomic mass is 35.5. The summed E-state index contributed by atoms with van der Waals surface area (Å²) in [5.74, 6) is -1.32. The first-order valence-electron chi connectivity index (χ1n) is 6.27. The summed E-state index contributed by atoms with van der Waals surface area (Å²) in [6, 6.07) is 5.09. The van der Waals surface area contributed by atoms with Crippen LogP contribution in [0.15, 0.2) is 18.2 Å². The maximum absolute atomic E-state index is 12.0. The molecule has 1 aliphatic rings. The monoisotopic (exact) mass is 281 g/mol. The molecule has 0 bridgehead atoms. The molecule has 0 radical (unpaired) electrons. The van der Waals surface area contributed by atoms with Crippen LogP contribution < -0.4 is 5.32 Å². The van der Waals surface area contributed by atoms with Gasteiger partial charge in [0.05, 0.1) is 5.92 Å². The van der Waals surface area contributed by atoms with Gasteiger partial charge in [0, 0.05) is 16.6 Å². The number of carboxylic acids is 1. The third-order valence-corrected chi connectivity index (χ3v) is 3.96. The first kappa shape index (κ1) is 13.9. The summed E-state index contributed by atoms with van der Waals surface area (Å²) in [4.78, 5) is 22.9. The summed E-state index contributed by atoms with van der Waals surface area (Å²) in [5.41, 5.74) is 1.43. The van der Waals surface area contributed by atoms with E-state index in [-0.39, 0.29) is 17.9 Å². The predicted octanol–water partition coefficient (Wildman–Crippen LogP) is 2.63. The third-order valence-electron chi connectivity index (χ3n) is 3.55. The van der Waals surface area contributed by atoms with Crippen LogP contribution in [0, 0.1) is 12.8 Å². The zero-order valence-corrected chi connectivity index (χ0v) is 11.4. The van der Waals surface area contributed by atoms with Gasteiger partial charge in [-0.2, -0.15) is 0 Å². The lowest BCUT2D eigenvalue weighted by molar-refractivity contribution is -0.141. The van der Waals surface area contributed by atoms with Crippen molar-refractivity contribution in [3.8, 4) is 0 Å². The molecule has 0 aromatic heterocycles. The molecule has 0 aliphatic heterocycles. The van der Waals surface area contributed by atoms with Gasteiger partial charge in [-0.25, -0.2) is 0 Å². The van der Waals surface area contributed by atoms with E-state index in [0.717, 1.165) is 5.56 Å². The highest BCUT2D eigenvalue weighted by Gasteiger charge is 2.30. The van der Waals surface area contributed by atoms with Crippen LogP contribution in [0.25, 0.3) is 0 Å². The van der Waals surface area contributed by atoms with Crippen LogP contribution in [0.3, 0.4) is 0 Å². The van der Waals surface area contributed by atoms with Crippen molar-refractivity contribution >= 4 is 23.5 Å². The Morgan fingerprint density at radius 3 is 2.68 bits per heavy atom. The molecule has 0 heterocycles. The Morgan fingerprint density at radius 2 is 2.11 bits per heavy atom. The van der Waals surface area contributed by atoms with Crippen molar-refractivity contribution in [1.29, 1.82) is 0 Å². The first-order valence-corrected chi connectivity index (χ1v) is 6.65. The number of halogens is 1. The normalized spacial score (nSPS) is 22.2. The molecule has 102 valence electrons. The SMILES string of the molecule is Cc1ccc(C(=O)NC2CCC(C(=O)O)C2)cc1Cl. The molecule has 1 amide bonds. The molecule has 0 spiro atoms. The van der Waals surface area contributed by atoms with E-state index in [9.17, 15) is 9.59 Å². The number of hydrogen-bond acceptors (Lipinski definition) is 2. The van der Waals surface area contributed by atoms with Gasteiger partial charge in [0.1, 0.15) is 0 Å². The van der Waals surface area contributed by atoms with E-state index in [1.165, 1.54) is 0 Å². The van der Waals surface area contributed by atoms with E-state index in [1.807, 2.05) is 6.92 Å². The molecule has 2 rings (SSSR count). The van der Waals surface area contributed by atoms with Crippen molar-refractivity contribution in [2.45, 2.75) is 32.2 Å². The van der Waals surface area contributed by atoms with Crippen LogP contribution in [-0.4, -0.2) is 23.0 Å². The number of aliphatic carboxylic acids is 1. The molecule has 2 atom stereocenters. The molecule has 4 nitrogen and oxygen atoms in total. The molecule has 1 aromatic rings. The van der Waals surface area contributed by atoms with Crippen LogP contribution in [0.1, 0.15) is 35.2 Å². The lowest BCUT2D eigenvalue weighted by Gasteiger charge is -2.13. The van der Waals surface area contributed by atoms with Gasteiger partial charge in [-0.1, -0.05) is 17.7 Å². The predicted molar refractivity (Wildman–Crippen MR) is 72.4 cm³/mol. The molecule has 1 aromatic carbocycles. The van der Waals surface area contributed by atoms with Gasteiger partial charge >= 0.3 is 5.97 Å². The van der Waals surface area contributed by atoms with Crippen molar-refractivity contribution < 1.29 is 14.7 Å². The molecule has 1 aliphatic carbocycles. The Hall–Kier alpha value is -1.55. The highest BCUT2D eigenvalue weighted by Crippen LogP contribution is 2.26. The van der Waals surface area contributed by atoms with Crippen molar-refractivity contribution in [2.24, 2.45) is 5.92 Å². The highest BCUT2D eigenvalue weighted by molar-refractivity contribution is 6.31. The fourth-order valence-corrected chi connectivity index (χ4v) is 2.52. The number of nitrogens with one attached hydrogen (secondary N) is 1. The summed E-state index contributed by atoms with van der Waals surface area (Å²) in [6.45, 7) is 1.87. The average Bonchev–Trinajstić information content (AvgIpc) is 2.81. The second-order valence-corrected chi connectivity index (χ2v) is 5.39. The van der Waals surface area contributed by atoms with Gasteiger partial charge in [-0.3, -0.25) is 9.59 Å². The smallest absolute Gasteiger partial charge is 0.306 e. The van der Waals surface area contributed by atoms with E-state index in [4.69, 9.17) is 16.7 Å². The van der Waals surface area contributed by atoms with Gasteiger partial charge in [0.25, 0.3) is 5.91 Å². The fourth-order valence-electron chi connectivity index (χ4n) is 2.34. The summed E-state index contributed by atoms with van der Waals surface area (Å²) in [6.07, 6.45) is 1.83. The lowest BCUT2D eigenvalue weighted by atomic mass is 10.1. The summed E-state index contributed by atoms with van der Waals surface area (Å²) in [5, 5.41) is 12.3. The quantitative estimate of drug-likeness (QED) is 0.895. The molecular formula is C14H16ClNO3. The molecule has 19 heavy (non-hydrogen) atoms. The van der Waals surface area contributed by atoms with Crippen LogP contribution in [0.5, 0.6) is 0 Å². The maximum atomic E-state index is 12.0. The van der Waals surface area contributed by atoms with Crippen LogP contribution in [0.2, 0.25) is 5.02 Å². The van der Waals surface area contributed by atoms with Crippen molar-refractivity contribution in [3.63, 3.8) is 0 Å². The largest absolute Gasteiger partial charge is 0.481 e. The van der Waals surface area contributed by atoms with Gasteiger partial charge in [0.15, 0.2) is 0 Å². The minimum absolute atomic E-state index is 0.0614. The van der Waals surface area contributed by atoms with Gasteiger partial charge in [0.2, 0.25) is 0 Å². The Bertz CT molecular complexity index is 515. The van der Waals surface area contributed by atoms with Gasteiger partial charge in [-0.15, -0.1) is 0 Å². The zero-order valence-electron chi connectivity index (χ0n) is 10.6. The molecule has 0 saturated heterocycles. The number of rotatable bonds is 3. The Morgan fingerprint density at radius 1 is 1.37 bits per heavy atom. The molecule has 2 N–H and O–H groups in total. The van der Waals surface area contributed by atoms with E-state index in [1.54, 1.807) is 18.2 Å². The molecule has 2 unspecified atom stereocenters. The van der Waals surface area contributed by atoms with E-state index in [0.29, 0.717) is 29.8 Å². The van der Waals surface area contributed by atoms with E-state index >= 15 is 0 Å². The van der Waals surface area contributed by atoms with E-state index < -0.39 is 5.97 Å². The van der Waals surface area contributed by atoms with Crippen molar-refractivity contribution in [3.05, 3.63) is 34.3 Å². The minimum Gasteiger partial charge on any atom is -0.481 e. The van der Waals surface area contributed by atoms with Crippen molar-refractivity contribution in [1.82, 2.24) is 5.32 Å². The number of carbonyl (C=O) groups is 2. The number of amides is 1. The molecule has 1 fully saturated rings. The van der Waals surface area contributed by atoms with Crippen LogP contribution in [0.4, 0.5) is 0 Å². The molecule has 1 saturated carbocycles. The number of aryl methyl sites for hydroxylation is 1. The maximum Gasteiger partial charge on any atom is 0.306 e. The summed E-state index contributed by atoms with van der Waals surface area (Å²) in [7, 11) is 0. The molecular weight excluding hydrogens is 266 g/mol. The van der Waals surface area contributed by atoms with Crippen molar-refractivity contribution in [2.75, 3.05) is 0 Å². The lowest BCUT2D eigenvalue weighted by Crippen LogP contribution is -2.33. The number of carboxylic acid groups (broad SMARTS) is 1. The van der Waals surface area contributed by atoms with Crippen LogP contribution in [-0.2, 0) is 4.79 Å². The topological polar surface area (TPSA) is 66.4 Å². The van der Waals surface area contributed by atoms with E-state index in [2.05, 4.69) is 5.32 Å². The van der Waals surface area contributed by atoms with Gasteiger partial charge in [-0.05, 0) is 43.9 Å². The molecule has 5 heteroatoms. The standard InChI is InChI=1S/C14H16ClNO3/c1-8-2-3-9(7-12(8)15)13(17)16-11-5-4-10(6-11)14(18)19/h2-3,7,10-11H,4-6H2,1H3,(H,16,17)(H,18,19). The Labute approximate surface area is 116 Å². The van der Waals surface area contributed by atoms with Gasteiger partial charge < -0.3 is 10.4 Å². The summed E-state index contributed by atoms with van der Waals surface area (Å²) < 4.78 is 0. The zero-order chi connectivity index (χ0) is 14.0. The second-order valence-electron chi connectivity index (χ2n) is 4.98. The first-order chi connectivity index (χ1) is 8.97. The summed E-state index contributed by atoms with van der Waals surface area (Å²) >= 11 is 5.98. The minimum atomic E-state index is -0.782.